The van der Waals surface area contributed by atoms with Crippen molar-refractivity contribution in [3.63, 3.8) is 0 Å². The van der Waals surface area contributed by atoms with Gasteiger partial charge in [0.2, 0.25) is 0 Å². The molecule has 34 heavy (non-hydrogen) atoms. The predicted molar refractivity (Wildman–Crippen MR) is 103 cm³/mol. The van der Waals surface area contributed by atoms with Gasteiger partial charge in [-0.2, -0.15) is 4.31 Å². The van der Waals surface area contributed by atoms with E-state index in [2.05, 4.69) is 13.4 Å². The largest absolute Gasteiger partial charge is 0.483 e. The van der Waals surface area contributed by atoms with Crippen molar-refractivity contribution < 1.29 is 67.3 Å². The van der Waals surface area contributed by atoms with Crippen LogP contribution >= 0.6 is 15.6 Å². The fourth-order valence-electron chi connectivity index (χ4n) is 3.07. The zero-order valence-corrected chi connectivity index (χ0v) is 18.6. The molecule has 18 nitrogen and oxygen atoms in total. The van der Waals surface area contributed by atoms with Crippen molar-refractivity contribution in [1.82, 2.24) is 9.55 Å². The molecular weight excluding hydrogens is 514 g/mol. The standard InChI is InChI=1S/C14H22N2O16P2/c17-5-3-28-13(11(22)8(5)19)31-34(26,27)32-33(24,25)29-4-6-9(20)10(21)12(30-6)16-2-1-7(18)15-14(16)23/h1-2,5-6,8-13,17,19-22H,3-4H2,(H,24,25)(H,26,27)(H,15,18,23)/t5-,6+,8-,9+,10+,11+,12?,13?/m0/s1. The van der Waals surface area contributed by atoms with Crippen molar-refractivity contribution in [2.75, 3.05) is 13.2 Å². The Morgan fingerprint density at radius 1 is 1.03 bits per heavy atom. The molecule has 2 aliphatic heterocycles. The minimum Gasteiger partial charge on any atom is -0.388 e. The monoisotopic (exact) mass is 536 g/mol. The fourth-order valence-corrected chi connectivity index (χ4v) is 5.24. The Balaban J connectivity index is 1.59. The number of hydrogen-bond acceptors (Lipinski definition) is 14. The lowest BCUT2D eigenvalue weighted by atomic mass is 10.1. The molecule has 3 rings (SSSR count). The number of phosphoric ester groups is 2. The number of aliphatic hydroxyl groups is 5. The van der Waals surface area contributed by atoms with E-state index >= 15 is 0 Å². The van der Waals surface area contributed by atoms with Crippen LogP contribution in [0.5, 0.6) is 0 Å². The topological polar surface area (TPSA) is 277 Å². The Morgan fingerprint density at radius 2 is 1.71 bits per heavy atom. The summed E-state index contributed by atoms with van der Waals surface area (Å²) in [4.78, 5) is 44.3. The first-order valence-electron chi connectivity index (χ1n) is 9.39. The van der Waals surface area contributed by atoms with Gasteiger partial charge in [-0.25, -0.2) is 13.9 Å². The van der Waals surface area contributed by atoms with Gasteiger partial charge < -0.3 is 44.8 Å². The number of ether oxygens (including phenoxy) is 2. The normalized spacial score (nSPS) is 37.7. The maximum atomic E-state index is 12.1. The summed E-state index contributed by atoms with van der Waals surface area (Å²) in [5, 5.41) is 48.8. The van der Waals surface area contributed by atoms with Crippen LogP contribution in [0.25, 0.3) is 0 Å². The second kappa shape index (κ2) is 10.3. The van der Waals surface area contributed by atoms with Crippen molar-refractivity contribution >= 4 is 15.6 Å². The molecule has 0 amide bonds. The molecule has 1 aromatic rings. The van der Waals surface area contributed by atoms with Crippen molar-refractivity contribution in [2.24, 2.45) is 0 Å². The van der Waals surface area contributed by atoms with Gasteiger partial charge in [0.05, 0.1) is 13.2 Å². The van der Waals surface area contributed by atoms with Gasteiger partial charge >= 0.3 is 21.3 Å². The molecule has 194 valence electrons. The van der Waals surface area contributed by atoms with Crippen LogP contribution in [0.2, 0.25) is 0 Å². The maximum absolute atomic E-state index is 12.1. The molecule has 3 heterocycles. The van der Waals surface area contributed by atoms with Crippen molar-refractivity contribution in [1.29, 1.82) is 0 Å². The second-order valence-corrected chi connectivity index (χ2v) is 10.2. The van der Waals surface area contributed by atoms with Crippen LogP contribution in [0.1, 0.15) is 6.23 Å². The van der Waals surface area contributed by atoms with E-state index in [4.69, 9.17) is 9.47 Å². The molecule has 20 heteroatoms. The Hall–Kier alpha value is -1.34. The highest BCUT2D eigenvalue weighted by molar-refractivity contribution is 7.61. The summed E-state index contributed by atoms with van der Waals surface area (Å²) in [7, 11) is -10.9. The molecular formula is C14H22N2O16P2. The van der Waals surface area contributed by atoms with Gasteiger partial charge in [-0.15, -0.1) is 0 Å². The molecule has 0 bridgehead atoms. The van der Waals surface area contributed by atoms with Crippen molar-refractivity contribution in [3.8, 4) is 0 Å². The van der Waals surface area contributed by atoms with E-state index in [1.165, 1.54) is 0 Å². The summed E-state index contributed by atoms with van der Waals surface area (Å²) in [5.74, 6) is 0. The van der Waals surface area contributed by atoms with Crippen LogP contribution in [0.4, 0.5) is 0 Å². The number of aromatic amines is 1. The van der Waals surface area contributed by atoms with Crippen LogP contribution in [0.15, 0.2) is 21.9 Å². The predicted octanol–water partition coefficient (Wildman–Crippen LogP) is -4.15. The Labute approximate surface area is 188 Å². The average Bonchev–Trinajstić information content (AvgIpc) is 3.00. The highest BCUT2D eigenvalue weighted by atomic mass is 31.3. The third kappa shape index (κ3) is 6.26. The fraction of sp³-hybridized carbons (Fsp3) is 0.714. The van der Waals surface area contributed by atoms with Gasteiger partial charge in [0.15, 0.2) is 12.5 Å². The SMILES string of the molecule is O=c1ccn(C2O[C@H](COP(=O)(O)OP(=O)(O)OC3OC[C@H](O)[C@H](O)[C@H]3O)[C@@H](O)[C@H]2O)c(=O)[nH]1. The van der Waals surface area contributed by atoms with E-state index in [0.717, 1.165) is 16.8 Å². The summed E-state index contributed by atoms with van der Waals surface area (Å²) in [6.07, 6.45) is -13.0. The number of aliphatic hydroxyl groups excluding tert-OH is 5. The van der Waals surface area contributed by atoms with E-state index in [9.17, 15) is 54.0 Å². The minimum absolute atomic E-state index is 0.602. The number of hydrogen-bond donors (Lipinski definition) is 8. The summed E-state index contributed by atoms with van der Waals surface area (Å²) < 4.78 is 47.7. The molecule has 2 saturated heterocycles. The maximum Gasteiger partial charge on any atom is 0.483 e. The van der Waals surface area contributed by atoms with E-state index in [0.29, 0.717) is 0 Å². The van der Waals surface area contributed by atoms with Crippen LogP contribution in [-0.2, 0) is 32.0 Å². The third-order valence-corrected chi connectivity index (χ3v) is 7.36. The zero-order chi connectivity index (χ0) is 25.4. The third-order valence-electron chi connectivity index (χ3n) is 4.76. The quantitative estimate of drug-likeness (QED) is 0.146. The lowest BCUT2D eigenvalue weighted by Gasteiger charge is -2.35. The zero-order valence-electron chi connectivity index (χ0n) is 16.8. The first-order chi connectivity index (χ1) is 15.7. The second-order valence-electron chi connectivity index (χ2n) is 7.23. The van der Waals surface area contributed by atoms with Crippen LogP contribution in [0, 0.1) is 0 Å². The van der Waals surface area contributed by atoms with E-state index in [1.54, 1.807) is 0 Å². The highest BCUT2D eigenvalue weighted by Crippen LogP contribution is 2.61. The van der Waals surface area contributed by atoms with Gasteiger partial charge in [0.1, 0.15) is 36.6 Å². The van der Waals surface area contributed by atoms with Crippen LogP contribution < -0.4 is 11.2 Å². The molecule has 2 fully saturated rings. The Kier molecular flexibility index (Phi) is 8.28. The van der Waals surface area contributed by atoms with E-state index in [-0.39, 0.29) is 0 Å². The van der Waals surface area contributed by atoms with Crippen molar-refractivity contribution in [2.45, 2.75) is 49.1 Å². The summed E-state index contributed by atoms with van der Waals surface area (Å²) in [5.41, 5.74) is -1.72. The summed E-state index contributed by atoms with van der Waals surface area (Å²) in [6.45, 7) is -1.59. The number of nitrogens with one attached hydrogen (secondary N) is 1. The van der Waals surface area contributed by atoms with Gasteiger partial charge in [-0.05, 0) is 0 Å². The van der Waals surface area contributed by atoms with E-state index < -0.39 is 89.2 Å². The molecule has 8 N–H and O–H groups in total. The van der Waals surface area contributed by atoms with Crippen LogP contribution in [0.3, 0.4) is 0 Å². The van der Waals surface area contributed by atoms with Gasteiger partial charge in [0, 0.05) is 12.3 Å². The number of H-pyrrole nitrogens is 1. The minimum atomic E-state index is -5.47. The summed E-state index contributed by atoms with van der Waals surface area (Å²) in [6, 6.07) is 0.939. The molecule has 4 unspecified atom stereocenters. The summed E-state index contributed by atoms with van der Waals surface area (Å²) >= 11 is 0. The van der Waals surface area contributed by atoms with E-state index in [1.807, 2.05) is 4.98 Å². The smallest absolute Gasteiger partial charge is 0.388 e. The molecule has 2 aliphatic rings. The lowest BCUT2D eigenvalue weighted by molar-refractivity contribution is -0.245. The van der Waals surface area contributed by atoms with Gasteiger partial charge in [-0.3, -0.25) is 23.4 Å². The Bertz CT molecular complexity index is 1080. The molecule has 0 radical (unpaired) electrons. The van der Waals surface area contributed by atoms with Gasteiger partial charge in [0.25, 0.3) is 5.56 Å². The molecule has 0 aromatic carbocycles. The molecule has 10 atom stereocenters. The number of aromatic nitrogens is 2. The Morgan fingerprint density at radius 3 is 2.35 bits per heavy atom. The number of nitrogens with zero attached hydrogens (tertiary/aromatic N) is 1. The molecule has 0 spiro atoms. The van der Waals surface area contributed by atoms with Gasteiger partial charge in [-0.1, -0.05) is 0 Å². The first-order valence-corrected chi connectivity index (χ1v) is 12.4. The first kappa shape index (κ1) is 27.3. The highest BCUT2D eigenvalue weighted by Gasteiger charge is 2.47. The average molecular weight is 536 g/mol. The van der Waals surface area contributed by atoms with Crippen molar-refractivity contribution in [3.05, 3.63) is 33.1 Å². The molecule has 1 aromatic heterocycles. The number of rotatable bonds is 8. The van der Waals surface area contributed by atoms with Crippen LogP contribution in [-0.4, -0.2) is 101 Å². The number of phosphoric acid groups is 2. The lowest BCUT2D eigenvalue weighted by Crippen LogP contribution is -2.53. The molecule has 0 saturated carbocycles. The molecule has 0 aliphatic carbocycles.